The van der Waals surface area contributed by atoms with Crippen molar-refractivity contribution in [1.29, 1.82) is 0 Å². The number of hydrogen-bond acceptors (Lipinski definition) is 3. The second-order valence-corrected chi connectivity index (χ2v) is 1.80. The molecular formula is C6H11NO3. The maximum absolute atomic E-state index is 10.1. The molecule has 58 valence electrons. The third-order valence-electron chi connectivity index (χ3n) is 0.924. The smallest absolute Gasteiger partial charge is 0.324 e. The van der Waals surface area contributed by atoms with Crippen molar-refractivity contribution in [1.82, 2.24) is 0 Å². The van der Waals surface area contributed by atoms with E-state index in [9.17, 15) is 4.79 Å². The Bertz CT molecular complexity index is 133. The van der Waals surface area contributed by atoms with Crippen LogP contribution < -0.4 is 5.73 Å². The minimum Gasteiger partial charge on any atom is -0.480 e. The number of carboxylic acid groups (broad SMARTS) is 1. The Hall–Kier alpha value is -0.870. The maximum Gasteiger partial charge on any atom is 0.324 e. The van der Waals surface area contributed by atoms with E-state index in [1.165, 1.54) is 6.08 Å². The van der Waals surface area contributed by atoms with E-state index < -0.39 is 12.0 Å². The maximum atomic E-state index is 10.1. The van der Waals surface area contributed by atoms with E-state index in [0.717, 1.165) is 0 Å². The molecule has 0 rings (SSSR count). The second-order valence-electron chi connectivity index (χ2n) is 1.80. The van der Waals surface area contributed by atoms with Crippen molar-refractivity contribution in [2.24, 2.45) is 5.73 Å². The third-order valence-corrected chi connectivity index (χ3v) is 0.924. The number of nitrogens with two attached hydrogens (primary N) is 1. The van der Waals surface area contributed by atoms with Crippen molar-refractivity contribution >= 4 is 5.97 Å². The van der Waals surface area contributed by atoms with Crippen LogP contribution in [-0.4, -0.2) is 28.8 Å². The predicted molar refractivity (Wildman–Crippen MR) is 36.5 cm³/mol. The van der Waals surface area contributed by atoms with E-state index in [0.29, 0.717) is 6.42 Å². The summed E-state index contributed by atoms with van der Waals surface area (Å²) in [5.74, 6) is -1.06. The van der Waals surface area contributed by atoms with E-state index >= 15 is 0 Å². The Morgan fingerprint density at radius 2 is 2.30 bits per heavy atom. The Morgan fingerprint density at radius 1 is 1.70 bits per heavy atom. The van der Waals surface area contributed by atoms with Crippen molar-refractivity contribution in [3.63, 3.8) is 0 Å². The van der Waals surface area contributed by atoms with Gasteiger partial charge in [-0.2, -0.15) is 0 Å². The molecule has 4 N–H and O–H groups in total. The van der Waals surface area contributed by atoms with Crippen molar-refractivity contribution in [2.45, 2.75) is 12.5 Å². The zero-order valence-corrected chi connectivity index (χ0v) is 5.53. The molecule has 0 saturated carbocycles. The van der Waals surface area contributed by atoms with Crippen LogP contribution in [0.1, 0.15) is 6.42 Å². The summed E-state index contributed by atoms with van der Waals surface area (Å²) in [7, 11) is 0. The first-order chi connectivity index (χ1) is 4.68. The molecule has 4 nitrogen and oxygen atoms in total. The van der Waals surface area contributed by atoms with E-state index in [4.69, 9.17) is 15.9 Å². The van der Waals surface area contributed by atoms with Crippen molar-refractivity contribution in [2.75, 3.05) is 6.61 Å². The zero-order chi connectivity index (χ0) is 7.98. The second kappa shape index (κ2) is 4.96. The van der Waals surface area contributed by atoms with Crippen LogP contribution in [0.4, 0.5) is 0 Å². The highest BCUT2D eigenvalue weighted by Crippen LogP contribution is 1.85. The summed E-state index contributed by atoms with van der Waals surface area (Å²) < 4.78 is 0. The van der Waals surface area contributed by atoms with Crippen molar-refractivity contribution in [3.8, 4) is 0 Å². The van der Waals surface area contributed by atoms with Gasteiger partial charge in [0.25, 0.3) is 0 Å². The average molecular weight is 145 g/mol. The lowest BCUT2D eigenvalue weighted by Gasteiger charge is -1.96. The van der Waals surface area contributed by atoms with E-state index in [1.54, 1.807) is 6.08 Å². The Labute approximate surface area is 59.0 Å². The van der Waals surface area contributed by atoms with Gasteiger partial charge in [-0.25, -0.2) is 0 Å². The predicted octanol–water partition coefficient (Wildman–Crippen LogP) is -0.663. The van der Waals surface area contributed by atoms with E-state index in [1.807, 2.05) is 0 Å². The van der Waals surface area contributed by atoms with Crippen LogP contribution >= 0.6 is 0 Å². The van der Waals surface area contributed by atoms with Crippen molar-refractivity contribution in [3.05, 3.63) is 12.2 Å². The number of hydrogen-bond donors (Lipinski definition) is 3. The quantitative estimate of drug-likeness (QED) is 0.458. The van der Waals surface area contributed by atoms with Crippen LogP contribution in [0.2, 0.25) is 0 Å². The number of aliphatic hydroxyl groups excluding tert-OH is 1. The van der Waals surface area contributed by atoms with Crippen LogP contribution in [0.5, 0.6) is 0 Å². The molecule has 0 saturated heterocycles. The fraction of sp³-hybridized carbons (Fsp3) is 0.500. The highest BCUT2D eigenvalue weighted by atomic mass is 16.4. The summed E-state index contributed by atoms with van der Waals surface area (Å²) in [6.45, 7) is 0.0167. The zero-order valence-electron chi connectivity index (χ0n) is 5.53. The first-order valence-electron chi connectivity index (χ1n) is 2.94. The molecule has 0 aromatic carbocycles. The van der Waals surface area contributed by atoms with Crippen LogP contribution in [0, 0.1) is 0 Å². The average Bonchev–Trinajstić information content (AvgIpc) is 1.88. The van der Waals surface area contributed by atoms with Gasteiger partial charge in [0.05, 0.1) is 0 Å². The number of rotatable bonds is 4. The highest BCUT2D eigenvalue weighted by molar-refractivity contribution is 5.75. The lowest BCUT2D eigenvalue weighted by molar-refractivity contribution is -0.137. The first-order valence-corrected chi connectivity index (χ1v) is 2.94. The van der Waals surface area contributed by atoms with E-state index in [-0.39, 0.29) is 6.61 Å². The minimum atomic E-state index is -1.06. The summed E-state index contributed by atoms with van der Waals surface area (Å²) >= 11 is 0. The molecule has 0 radical (unpaired) electrons. The standard InChI is InChI=1S/C6H11NO3/c7-5(6(9)10)3-1-2-4-8/h1,3,5,8H,2,4,7H2,(H,9,10)/b3-1-. The van der Waals surface area contributed by atoms with Crippen LogP contribution in [-0.2, 0) is 4.79 Å². The summed E-state index contributed by atoms with van der Waals surface area (Å²) in [4.78, 5) is 10.1. The summed E-state index contributed by atoms with van der Waals surface area (Å²) in [6, 6.07) is -0.952. The Kier molecular flexibility index (Phi) is 4.53. The molecule has 0 aromatic rings. The molecular weight excluding hydrogens is 134 g/mol. The lowest BCUT2D eigenvalue weighted by Crippen LogP contribution is -2.27. The van der Waals surface area contributed by atoms with Gasteiger partial charge in [-0.15, -0.1) is 0 Å². The molecule has 1 atom stereocenters. The van der Waals surface area contributed by atoms with Gasteiger partial charge in [0.15, 0.2) is 0 Å². The number of aliphatic carboxylic acids is 1. The highest BCUT2D eigenvalue weighted by Gasteiger charge is 2.04. The largest absolute Gasteiger partial charge is 0.480 e. The normalized spacial score (nSPS) is 13.8. The van der Waals surface area contributed by atoms with Gasteiger partial charge in [-0.1, -0.05) is 12.2 Å². The molecule has 0 aliphatic rings. The molecule has 0 aliphatic heterocycles. The molecule has 0 fully saturated rings. The van der Waals surface area contributed by atoms with Gasteiger partial charge in [0, 0.05) is 6.61 Å². The molecule has 1 unspecified atom stereocenters. The number of aliphatic hydroxyl groups is 1. The summed E-state index contributed by atoms with van der Waals surface area (Å²) in [5.41, 5.74) is 5.09. The van der Waals surface area contributed by atoms with Gasteiger partial charge >= 0.3 is 5.97 Å². The summed E-state index contributed by atoms with van der Waals surface area (Å²) in [6.07, 6.45) is 3.33. The topological polar surface area (TPSA) is 83.5 Å². The molecule has 4 heteroatoms. The Morgan fingerprint density at radius 3 is 2.70 bits per heavy atom. The van der Waals surface area contributed by atoms with Gasteiger partial charge in [-0.05, 0) is 6.42 Å². The molecule has 0 amide bonds. The van der Waals surface area contributed by atoms with Crippen molar-refractivity contribution < 1.29 is 15.0 Å². The molecule has 0 bridgehead atoms. The molecule has 0 heterocycles. The first kappa shape index (κ1) is 9.13. The monoisotopic (exact) mass is 145 g/mol. The van der Waals surface area contributed by atoms with Gasteiger partial charge in [-0.3, -0.25) is 4.79 Å². The molecule has 0 aromatic heterocycles. The molecule has 0 aliphatic carbocycles. The van der Waals surface area contributed by atoms with Crippen LogP contribution in [0.15, 0.2) is 12.2 Å². The number of carbonyl (C=O) groups is 1. The fourth-order valence-corrected chi connectivity index (χ4v) is 0.400. The number of carboxylic acids is 1. The van der Waals surface area contributed by atoms with Crippen LogP contribution in [0.25, 0.3) is 0 Å². The van der Waals surface area contributed by atoms with E-state index in [2.05, 4.69) is 0 Å². The van der Waals surface area contributed by atoms with Gasteiger partial charge < -0.3 is 15.9 Å². The molecule has 10 heavy (non-hydrogen) atoms. The van der Waals surface area contributed by atoms with Crippen LogP contribution in [0.3, 0.4) is 0 Å². The minimum absolute atomic E-state index is 0.0167. The molecule has 0 spiro atoms. The van der Waals surface area contributed by atoms with Gasteiger partial charge in [0.1, 0.15) is 6.04 Å². The third kappa shape index (κ3) is 4.05. The Balaban J connectivity index is 3.55. The lowest BCUT2D eigenvalue weighted by atomic mass is 10.2. The SMILES string of the molecule is NC(/C=C\CCO)C(=O)O. The van der Waals surface area contributed by atoms with Gasteiger partial charge in [0.2, 0.25) is 0 Å². The fourth-order valence-electron chi connectivity index (χ4n) is 0.400. The summed E-state index contributed by atoms with van der Waals surface area (Å²) in [5, 5.41) is 16.5.